The van der Waals surface area contributed by atoms with Crippen LogP contribution in [0.1, 0.15) is 45.4 Å². The van der Waals surface area contributed by atoms with Gasteiger partial charge in [-0.05, 0) is 37.8 Å². The average Bonchev–Trinajstić information content (AvgIpc) is 2.75. The quantitative estimate of drug-likeness (QED) is 0.682. The summed E-state index contributed by atoms with van der Waals surface area (Å²) < 4.78 is 22.5. The molecule has 0 aromatic carbocycles. The van der Waals surface area contributed by atoms with Crippen molar-refractivity contribution in [2.75, 3.05) is 25.1 Å². The fourth-order valence-corrected chi connectivity index (χ4v) is 3.49. The molecule has 1 rings (SSSR count). The van der Waals surface area contributed by atoms with Crippen molar-refractivity contribution in [3.8, 4) is 0 Å². The summed E-state index contributed by atoms with van der Waals surface area (Å²) in [5, 5.41) is 3.45. The highest BCUT2D eigenvalue weighted by Gasteiger charge is 2.25. The highest BCUT2D eigenvalue weighted by atomic mass is 32.2. The molecule has 0 aromatic rings. The molecule has 0 heterocycles. The lowest BCUT2D eigenvalue weighted by atomic mass is 9.88. The van der Waals surface area contributed by atoms with Gasteiger partial charge in [-0.3, -0.25) is 0 Å². The fraction of sp³-hybridized carbons (Fsp3) is 1.00. The van der Waals surface area contributed by atoms with Gasteiger partial charge in [0.15, 0.2) is 0 Å². The largest absolute Gasteiger partial charge is 0.316 e. The zero-order valence-corrected chi connectivity index (χ0v) is 12.1. The van der Waals surface area contributed by atoms with Crippen LogP contribution < -0.4 is 5.32 Å². The zero-order valence-electron chi connectivity index (χ0n) is 11.2. The van der Waals surface area contributed by atoms with Crippen molar-refractivity contribution in [2.45, 2.75) is 45.4 Å². The third-order valence-corrected chi connectivity index (χ3v) is 4.74. The van der Waals surface area contributed by atoms with Crippen molar-refractivity contribution in [3.63, 3.8) is 0 Å². The van der Waals surface area contributed by atoms with Gasteiger partial charge in [-0.2, -0.15) is 0 Å². The van der Waals surface area contributed by atoms with Gasteiger partial charge in [0.1, 0.15) is 9.84 Å². The summed E-state index contributed by atoms with van der Waals surface area (Å²) in [5.41, 5.74) is 0. The van der Waals surface area contributed by atoms with E-state index in [1.807, 2.05) is 0 Å². The number of nitrogens with one attached hydrogen (secondary N) is 1. The van der Waals surface area contributed by atoms with Crippen molar-refractivity contribution in [1.82, 2.24) is 5.32 Å². The van der Waals surface area contributed by atoms with Gasteiger partial charge < -0.3 is 5.32 Å². The molecule has 1 N–H and O–H groups in total. The molecule has 0 spiro atoms. The fourth-order valence-electron chi connectivity index (χ4n) is 2.76. The summed E-state index contributed by atoms with van der Waals surface area (Å²) in [5.74, 6) is 1.65. The molecule has 1 fully saturated rings. The summed E-state index contributed by atoms with van der Waals surface area (Å²) in [6, 6.07) is 0. The van der Waals surface area contributed by atoms with Gasteiger partial charge in [0.25, 0.3) is 0 Å². The van der Waals surface area contributed by atoms with Crippen LogP contribution in [-0.2, 0) is 9.84 Å². The van der Waals surface area contributed by atoms with E-state index in [1.165, 1.54) is 31.9 Å². The van der Waals surface area contributed by atoms with Crippen molar-refractivity contribution in [2.24, 2.45) is 11.8 Å². The van der Waals surface area contributed by atoms with E-state index in [9.17, 15) is 8.42 Å². The van der Waals surface area contributed by atoms with Crippen molar-refractivity contribution in [3.05, 3.63) is 0 Å². The Hall–Kier alpha value is -0.0900. The molecule has 0 amide bonds. The highest BCUT2D eigenvalue weighted by Crippen LogP contribution is 2.33. The first-order valence-electron chi connectivity index (χ1n) is 6.91. The Labute approximate surface area is 106 Å². The molecular formula is C13H27NO2S. The molecule has 3 nitrogen and oxygen atoms in total. The molecule has 0 bridgehead atoms. The van der Waals surface area contributed by atoms with Crippen LogP contribution in [-0.4, -0.2) is 33.5 Å². The molecule has 0 aromatic heterocycles. The Morgan fingerprint density at radius 1 is 1.29 bits per heavy atom. The number of sulfone groups is 1. The van der Waals surface area contributed by atoms with E-state index in [0.717, 1.165) is 31.8 Å². The lowest BCUT2D eigenvalue weighted by Gasteiger charge is -2.23. The Morgan fingerprint density at radius 3 is 2.47 bits per heavy atom. The van der Waals surface area contributed by atoms with Crippen LogP contribution in [0.15, 0.2) is 0 Å². The van der Waals surface area contributed by atoms with E-state index in [0.29, 0.717) is 11.7 Å². The van der Waals surface area contributed by atoms with Gasteiger partial charge in [-0.15, -0.1) is 0 Å². The molecule has 1 aliphatic rings. The predicted molar refractivity (Wildman–Crippen MR) is 72.9 cm³/mol. The van der Waals surface area contributed by atoms with E-state index in [2.05, 4.69) is 12.2 Å². The smallest absolute Gasteiger partial charge is 0.147 e. The zero-order chi connectivity index (χ0) is 12.7. The second-order valence-corrected chi connectivity index (χ2v) is 7.69. The molecule has 102 valence electrons. The van der Waals surface area contributed by atoms with E-state index in [4.69, 9.17) is 0 Å². The Bertz CT molecular complexity index is 295. The minimum absolute atomic E-state index is 0.349. The maximum absolute atomic E-state index is 11.3. The lowest BCUT2D eigenvalue weighted by Crippen LogP contribution is -2.29. The molecule has 4 heteroatoms. The van der Waals surface area contributed by atoms with Crippen molar-refractivity contribution in [1.29, 1.82) is 0 Å². The molecule has 1 atom stereocenters. The monoisotopic (exact) mass is 261 g/mol. The van der Waals surface area contributed by atoms with Crippen LogP contribution in [0.3, 0.4) is 0 Å². The number of hydrogen-bond donors (Lipinski definition) is 1. The third-order valence-electron chi connectivity index (χ3n) is 3.76. The lowest BCUT2D eigenvalue weighted by molar-refractivity contribution is 0.315. The van der Waals surface area contributed by atoms with E-state index in [-0.39, 0.29) is 0 Å². The van der Waals surface area contributed by atoms with Gasteiger partial charge in [-0.1, -0.05) is 32.6 Å². The summed E-state index contributed by atoms with van der Waals surface area (Å²) in [6.45, 7) is 4.20. The van der Waals surface area contributed by atoms with Gasteiger partial charge in [-0.25, -0.2) is 8.42 Å². The summed E-state index contributed by atoms with van der Waals surface area (Å²) in [7, 11) is -2.81. The highest BCUT2D eigenvalue weighted by molar-refractivity contribution is 7.90. The minimum Gasteiger partial charge on any atom is -0.316 e. The average molecular weight is 261 g/mol. The molecule has 1 unspecified atom stereocenters. The topological polar surface area (TPSA) is 46.2 Å². The molecule has 17 heavy (non-hydrogen) atoms. The van der Waals surface area contributed by atoms with Crippen LogP contribution >= 0.6 is 0 Å². The molecule has 0 aliphatic heterocycles. The van der Waals surface area contributed by atoms with Crippen molar-refractivity contribution >= 4 is 9.84 Å². The normalized spacial score (nSPS) is 19.6. The Balaban J connectivity index is 2.40. The maximum atomic E-state index is 11.3. The van der Waals surface area contributed by atoms with Gasteiger partial charge in [0.05, 0.1) is 5.75 Å². The van der Waals surface area contributed by atoms with Gasteiger partial charge in [0, 0.05) is 6.26 Å². The predicted octanol–water partition coefficient (Wildman–Crippen LogP) is 2.23. The van der Waals surface area contributed by atoms with E-state index in [1.54, 1.807) is 0 Å². The second kappa shape index (κ2) is 7.37. The van der Waals surface area contributed by atoms with E-state index >= 15 is 0 Å². The molecular weight excluding hydrogens is 234 g/mol. The first-order chi connectivity index (χ1) is 8.03. The minimum atomic E-state index is -2.81. The Morgan fingerprint density at radius 2 is 1.94 bits per heavy atom. The molecule has 1 aliphatic carbocycles. The summed E-state index contributed by atoms with van der Waals surface area (Å²) in [4.78, 5) is 0. The van der Waals surface area contributed by atoms with E-state index < -0.39 is 9.84 Å². The van der Waals surface area contributed by atoms with Crippen LogP contribution in [0.2, 0.25) is 0 Å². The van der Waals surface area contributed by atoms with Crippen LogP contribution in [0.25, 0.3) is 0 Å². The van der Waals surface area contributed by atoms with Crippen LogP contribution in [0.4, 0.5) is 0 Å². The molecule has 0 saturated heterocycles. The van der Waals surface area contributed by atoms with Crippen molar-refractivity contribution < 1.29 is 8.42 Å². The first kappa shape index (κ1) is 15.0. The molecule has 1 saturated carbocycles. The summed E-state index contributed by atoms with van der Waals surface area (Å²) in [6.07, 6.45) is 8.56. The van der Waals surface area contributed by atoms with Gasteiger partial charge in [0.2, 0.25) is 0 Å². The standard InChI is InChI=1S/C13H27NO2S/c1-3-9-14-11-13(8-10-17(2,15)16)12-6-4-5-7-12/h12-14H,3-11H2,1-2H3. The Kier molecular flexibility index (Phi) is 6.49. The number of rotatable bonds is 8. The number of hydrogen-bond acceptors (Lipinski definition) is 3. The first-order valence-corrected chi connectivity index (χ1v) is 8.97. The maximum Gasteiger partial charge on any atom is 0.147 e. The van der Waals surface area contributed by atoms with Gasteiger partial charge >= 0.3 is 0 Å². The van der Waals surface area contributed by atoms with Crippen LogP contribution in [0, 0.1) is 11.8 Å². The molecule has 0 radical (unpaired) electrons. The third kappa shape index (κ3) is 6.41. The van der Waals surface area contributed by atoms with Crippen LogP contribution in [0.5, 0.6) is 0 Å². The SMILES string of the molecule is CCCNCC(CCS(C)(=O)=O)C1CCCC1. The summed E-state index contributed by atoms with van der Waals surface area (Å²) >= 11 is 0. The second-order valence-electron chi connectivity index (χ2n) is 5.43.